The number of hydrogen-bond acceptors (Lipinski definition) is 3. The Morgan fingerprint density at radius 3 is 3.15 bits per heavy atom. The lowest BCUT2D eigenvalue weighted by molar-refractivity contribution is -0.122. The molecule has 106 valence electrons. The number of nitrogens with one attached hydrogen (secondary N) is 1. The molecule has 2 heterocycles. The first-order chi connectivity index (χ1) is 9.83. The number of nitrogens with zero attached hydrogens (tertiary/aromatic N) is 1. The van der Waals surface area contributed by atoms with Gasteiger partial charge in [0.1, 0.15) is 6.10 Å². The molecule has 0 aromatic carbocycles. The molecule has 0 spiro atoms. The van der Waals surface area contributed by atoms with Crippen LogP contribution in [-0.4, -0.2) is 23.5 Å². The first kappa shape index (κ1) is 13.3. The number of rotatable bonds is 4. The van der Waals surface area contributed by atoms with Gasteiger partial charge in [-0.2, -0.15) is 0 Å². The van der Waals surface area contributed by atoms with Gasteiger partial charge >= 0.3 is 0 Å². The predicted molar refractivity (Wildman–Crippen MR) is 76.0 cm³/mol. The second-order valence-corrected chi connectivity index (χ2v) is 5.51. The molecule has 2 aliphatic rings. The van der Waals surface area contributed by atoms with Gasteiger partial charge in [0.25, 0.3) is 0 Å². The van der Waals surface area contributed by atoms with Gasteiger partial charge in [-0.25, -0.2) is 0 Å². The topological polar surface area (TPSA) is 51.2 Å². The number of carbonyl (C=O) groups excluding carboxylic acids is 1. The molecule has 1 aromatic rings. The first-order valence-corrected chi connectivity index (χ1v) is 7.30. The highest BCUT2D eigenvalue weighted by molar-refractivity contribution is 5.77. The highest BCUT2D eigenvalue weighted by atomic mass is 16.5. The van der Waals surface area contributed by atoms with E-state index in [4.69, 9.17) is 4.74 Å². The number of allylic oxidation sites excluding steroid dienone is 2. The fourth-order valence-electron chi connectivity index (χ4n) is 2.98. The quantitative estimate of drug-likeness (QED) is 0.856. The van der Waals surface area contributed by atoms with E-state index in [0.717, 1.165) is 24.8 Å². The van der Waals surface area contributed by atoms with Crippen LogP contribution in [0.2, 0.25) is 0 Å². The third-order valence-corrected chi connectivity index (χ3v) is 4.01. The number of carbonyl (C=O) groups is 1. The van der Waals surface area contributed by atoms with Gasteiger partial charge in [-0.3, -0.25) is 9.78 Å². The third kappa shape index (κ3) is 3.07. The number of hydrogen-bond donors (Lipinski definition) is 1. The second-order valence-electron chi connectivity index (χ2n) is 5.51. The van der Waals surface area contributed by atoms with Crippen molar-refractivity contribution in [1.29, 1.82) is 0 Å². The summed E-state index contributed by atoms with van der Waals surface area (Å²) in [5, 5.41) is 3.13. The number of aromatic nitrogens is 1. The van der Waals surface area contributed by atoms with Crippen molar-refractivity contribution in [2.75, 3.05) is 6.61 Å². The summed E-state index contributed by atoms with van der Waals surface area (Å²) < 4.78 is 5.75. The highest BCUT2D eigenvalue weighted by Crippen LogP contribution is 2.29. The van der Waals surface area contributed by atoms with Crippen molar-refractivity contribution in [2.45, 2.75) is 37.8 Å². The fraction of sp³-hybridized carbons (Fsp3) is 0.500. The van der Waals surface area contributed by atoms with E-state index >= 15 is 0 Å². The van der Waals surface area contributed by atoms with Crippen LogP contribution in [0.4, 0.5) is 0 Å². The average molecular weight is 272 g/mol. The van der Waals surface area contributed by atoms with E-state index in [2.05, 4.69) is 22.5 Å². The van der Waals surface area contributed by atoms with Gasteiger partial charge in [0.2, 0.25) is 5.91 Å². The zero-order valence-corrected chi connectivity index (χ0v) is 11.5. The Kier molecular flexibility index (Phi) is 4.11. The molecule has 1 fully saturated rings. The molecule has 3 atom stereocenters. The normalized spacial score (nSPS) is 28.7. The van der Waals surface area contributed by atoms with E-state index in [-0.39, 0.29) is 18.1 Å². The predicted octanol–water partition coefficient (Wildman–Crippen LogP) is 2.38. The lowest BCUT2D eigenvalue weighted by Gasteiger charge is -2.20. The van der Waals surface area contributed by atoms with E-state index < -0.39 is 0 Å². The fourth-order valence-corrected chi connectivity index (χ4v) is 2.98. The van der Waals surface area contributed by atoms with Crippen molar-refractivity contribution in [3.05, 3.63) is 42.2 Å². The summed E-state index contributed by atoms with van der Waals surface area (Å²) in [6, 6.07) is 3.97. The SMILES string of the molecule is O=C(C[C@H]1C=CCC1)N[C@H]1CCO[C@@H]1c1cccnc1. The molecule has 4 heteroatoms. The van der Waals surface area contributed by atoms with Crippen molar-refractivity contribution in [1.82, 2.24) is 10.3 Å². The van der Waals surface area contributed by atoms with Crippen molar-refractivity contribution < 1.29 is 9.53 Å². The van der Waals surface area contributed by atoms with Gasteiger partial charge in [0.05, 0.1) is 6.04 Å². The van der Waals surface area contributed by atoms with Crippen LogP contribution in [0.3, 0.4) is 0 Å². The number of amides is 1. The van der Waals surface area contributed by atoms with Crippen LogP contribution in [0, 0.1) is 5.92 Å². The number of ether oxygens (including phenoxy) is 1. The van der Waals surface area contributed by atoms with E-state index in [1.807, 2.05) is 18.3 Å². The highest BCUT2D eigenvalue weighted by Gasteiger charge is 2.31. The standard InChI is InChI=1S/C16H20N2O2/c19-15(10-12-4-1-2-5-12)18-14-7-9-20-16(14)13-6-3-8-17-11-13/h1,3-4,6,8,11-12,14,16H,2,5,7,9-10H2,(H,18,19)/t12-,14-,16+/m0/s1. The van der Waals surface area contributed by atoms with Gasteiger partial charge in [-0.1, -0.05) is 18.2 Å². The molecule has 3 rings (SSSR count). The largest absolute Gasteiger partial charge is 0.371 e. The molecule has 1 amide bonds. The van der Waals surface area contributed by atoms with Crippen molar-refractivity contribution in [3.8, 4) is 0 Å². The Bertz CT molecular complexity index is 487. The van der Waals surface area contributed by atoms with Crippen LogP contribution in [-0.2, 0) is 9.53 Å². The van der Waals surface area contributed by atoms with Gasteiger partial charge in [-0.05, 0) is 31.2 Å². The third-order valence-electron chi connectivity index (χ3n) is 4.01. The summed E-state index contributed by atoms with van der Waals surface area (Å²) in [5.74, 6) is 0.542. The van der Waals surface area contributed by atoms with Gasteiger partial charge in [-0.15, -0.1) is 0 Å². The molecule has 1 aliphatic heterocycles. The molecule has 0 unspecified atom stereocenters. The summed E-state index contributed by atoms with van der Waals surface area (Å²) in [4.78, 5) is 16.2. The van der Waals surface area contributed by atoms with E-state index in [1.54, 1.807) is 6.20 Å². The van der Waals surface area contributed by atoms with Crippen LogP contribution >= 0.6 is 0 Å². The lowest BCUT2D eigenvalue weighted by atomic mass is 10.0. The van der Waals surface area contributed by atoms with Crippen LogP contribution in [0.1, 0.15) is 37.4 Å². The minimum Gasteiger partial charge on any atom is -0.371 e. The van der Waals surface area contributed by atoms with Crippen molar-refractivity contribution in [3.63, 3.8) is 0 Å². The molecule has 0 bridgehead atoms. The molecule has 20 heavy (non-hydrogen) atoms. The van der Waals surface area contributed by atoms with Crippen molar-refractivity contribution in [2.24, 2.45) is 5.92 Å². The van der Waals surface area contributed by atoms with Gasteiger partial charge in [0.15, 0.2) is 0 Å². The number of pyridine rings is 1. The summed E-state index contributed by atoms with van der Waals surface area (Å²) in [6.45, 7) is 0.688. The summed E-state index contributed by atoms with van der Waals surface area (Å²) in [6.07, 6.45) is 11.5. The maximum atomic E-state index is 12.1. The first-order valence-electron chi connectivity index (χ1n) is 7.30. The smallest absolute Gasteiger partial charge is 0.220 e. The minimum absolute atomic E-state index is 0.0632. The summed E-state index contributed by atoms with van der Waals surface area (Å²) in [7, 11) is 0. The van der Waals surface area contributed by atoms with E-state index in [0.29, 0.717) is 18.9 Å². The van der Waals surface area contributed by atoms with E-state index in [9.17, 15) is 4.79 Å². The van der Waals surface area contributed by atoms with Crippen LogP contribution in [0.25, 0.3) is 0 Å². The van der Waals surface area contributed by atoms with Crippen LogP contribution in [0.5, 0.6) is 0 Å². The Morgan fingerprint density at radius 1 is 1.45 bits per heavy atom. The maximum absolute atomic E-state index is 12.1. The molecular weight excluding hydrogens is 252 g/mol. The summed E-state index contributed by atoms with van der Waals surface area (Å²) in [5.41, 5.74) is 1.04. The summed E-state index contributed by atoms with van der Waals surface area (Å²) >= 11 is 0. The Balaban J connectivity index is 1.58. The van der Waals surface area contributed by atoms with Crippen LogP contribution < -0.4 is 5.32 Å². The molecule has 0 radical (unpaired) electrons. The zero-order valence-electron chi connectivity index (χ0n) is 11.5. The molecule has 0 saturated carbocycles. The molecule has 4 nitrogen and oxygen atoms in total. The van der Waals surface area contributed by atoms with Gasteiger partial charge in [0, 0.05) is 31.0 Å². The zero-order chi connectivity index (χ0) is 13.8. The average Bonchev–Trinajstić information content (AvgIpc) is 3.11. The molecule has 1 saturated heterocycles. The monoisotopic (exact) mass is 272 g/mol. The molecule has 1 aliphatic carbocycles. The Hall–Kier alpha value is -1.68. The molecular formula is C16H20N2O2. The van der Waals surface area contributed by atoms with Crippen LogP contribution in [0.15, 0.2) is 36.7 Å². The Labute approximate surface area is 119 Å². The minimum atomic E-state index is -0.0632. The Morgan fingerprint density at radius 2 is 2.40 bits per heavy atom. The molecule has 1 N–H and O–H groups in total. The second kappa shape index (κ2) is 6.18. The van der Waals surface area contributed by atoms with Gasteiger partial charge < -0.3 is 10.1 Å². The maximum Gasteiger partial charge on any atom is 0.220 e. The molecule has 1 aromatic heterocycles. The lowest BCUT2D eigenvalue weighted by Crippen LogP contribution is -2.37. The van der Waals surface area contributed by atoms with Crippen molar-refractivity contribution >= 4 is 5.91 Å². The van der Waals surface area contributed by atoms with E-state index in [1.165, 1.54) is 0 Å².